The molecule has 0 aliphatic carbocycles. The van der Waals surface area contributed by atoms with Gasteiger partial charge in [-0.25, -0.2) is 4.98 Å². The lowest BCUT2D eigenvalue weighted by Gasteiger charge is -2.04. The highest BCUT2D eigenvalue weighted by Gasteiger charge is 2.11. The number of imidazole rings is 1. The minimum atomic E-state index is -0.0758. The fraction of sp³-hybridized carbons (Fsp3) is 0.267. The molecule has 0 saturated heterocycles. The SMILES string of the molecule is Cc1noc(C)c1CSCC(=O)Nc1ncc2ccccn12. The number of amides is 1. The Bertz CT molecular complexity index is 789. The number of hydrogen-bond donors (Lipinski definition) is 1. The van der Waals surface area contributed by atoms with E-state index in [1.54, 1.807) is 6.20 Å². The maximum atomic E-state index is 12.0. The fourth-order valence-corrected chi connectivity index (χ4v) is 3.13. The molecule has 3 aromatic rings. The van der Waals surface area contributed by atoms with Gasteiger partial charge in [-0.1, -0.05) is 11.2 Å². The van der Waals surface area contributed by atoms with Gasteiger partial charge in [0.05, 0.1) is 23.2 Å². The van der Waals surface area contributed by atoms with Gasteiger partial charge < -0.3 is 4.52 Å². The van der Waals surface area contributed by atoms with Gasteiger partial charge in [-0.15, -0.1) is 11.8 Å². The third-order valence-corrected chi connectivity index (χ3v) is 4.31. The summed E-state index contributed by atoms with van der Waals surface area (Å²) >= 11 is 1.53. The van der Waals surface area contributed by atoms with E-state index in [4.69, 9.17) is 4.52 Å². The largest absolute Gasteiger partial charge is 0.361 e. The third-order valence-electron chi connectivity index (χ3n) is 3.35. The Morgan fingerprint density at radius 3 is 3.05 bits per heavy atom. The standard InChI is InChI=1S/C15H16N4O2S/c1-10-13(11(2)21-18-10)8-22-9-14(20)17-15-16-7-12-5-3-4-6-19(12)15/h3-7H,8-9H2,1-2H3,(H,16,17,20). The molecular weight excluding hydrogens is 300 g/mol. The molecule has 3 heterocycles. The van der Waals surface area contributed by atoms with E-state index in [9.17, 15) is 4.79 Å². The second kappa shape index (κ2) is 6.23. The number of aryl methyl sites for hydroxylation is 2. The molecule has 7 heteroatoms. The summed E-state index contributed by atoms with van der Waals surface area (Å²) in [4.78, 5) is 16.2. The molecule has 0 bridgehead atoms. The number of pyridine rings is 1. The van der Waals surface area contributed by atoms with Crippen molar-refractivity contribution in [3.05, 3.63) is 47.6 Å². The van der Waals surface area contributed by atoms with Crippen molar-refractivity contribution in [2.24, 2.45) is 0 Å². The predicted molar refractivity (Wildman–Crippen MR) is 86.0 cm³/mol. The van der Waals surface area contributed by atoms with Crippen molar-refractivity contribution >= 4 is 29.1 Å². The molecule has 0 spiro atoms. The second-order valence-electron chi connectivity index (χ2n) is 4.92. The highest BCUT2D eigenvalue weighted by atomic mass is 32.2. The van der Waals surface area contributed by atoms with Crippen molar-refractivity contribution in [2.75, 3.05) is 11.1 Å². The number of nitrogens with one attached hydrogen (secondary N) is 1. The predicted octanol–water partition coefficient (Wildman–Crippen LogP) is 2.81. The number of rotatable bonds is 5. The quantitative estimate of drug-likeness (QED) is 0.783. The third kappa shape index (κ3) is 2.99. The van der Waals surface area contributed by atoms with Gasteiger partial charge in [0.2, 0.25) is 11.9 Å². The van der Waals surface area contributed by atoms with Crippen LogP contribution in [0, 0.1) is 13.8 Å². The molecule has 114 valence electrons. The Hall–Kier alpha value is -2.28. The van der Waals surface area contributed by atoms with Gasteiger partial charge in [-0.05, 0) is 26.0 Å². The molecule has 0 atom stereocenters. The van der Waals surface area contributed by atoms with E-state index in [1.165, 1.54) is 11.8 Å². The zero-order valence-corrected chi connectivity index (χ0v) is 13.2. The highest BCUT2D eigenvalue weighted by Crippen LogP contribution is 2.19. The molecule has 0 fully saturated rings. The number of fused-ring (bicyclic) bond motifs is 1. The van der Waals surface area contributed by atoms with Crippen LogP contribution in [0.4, 0.5) is 5.95 Å². The van der Waals surface area contributed by atoms with Crippen molar-refractivity contribution in [1.82, 2.24) is 14.5 Å². The molecule has 1 amide bonds. The summed E-state index contributed by atoms with van der Waals surface area (Å²) < 4.78 is 6.95. The summed E-state index contributed by atoms with van der Waals surface area (Å²) in [7, 11) is 0. The molecule has 0 aliphatic rings. The van der Waals surface area contributed by atoms with Crippen LogP contribution in [0.3, 0.4) is 0 Å². The first kappa shape index (κ1) is 14.6. The van der Waals surface area contributed by atoms with Gasteiger partial charge in [0.25, 0.3) is 0 Å². The van der Waals surface area contributed by atoms with Crippen LogP contribution in [0.1, 0.15) is 17.0 Å². The maximum Gasteiger partial charge on any atom is 0.236 e. The Balaban J connectivity index is 1.57. The number of aromatic nitrogens is 3. The molecule has 1 N–H and O–H groups in total. The Morgan fingerprint density at radius 2 is 2.27 bits per heavy atom. The van der Waals surface area contributed by atoms with E-state index in [-0.39, 0.29) is 5.91 Å². The number of carbonyl (C=O) groups is 1. The minimum Gasteiger partial charge on any atom is -0.361 e. The molecular formula is C15H16N4O2S. The molecule has 0 unspecified atom stereocenters. The van der Waals surface area contributed by atoms with Gasteiger partial charge in [0, 0.05) is 17.5 Å². The van der Waals surface area contributed by atoms with Crippen LogP contribution in [0.2, 0.25) is 0 Å². The van der Waals surface area contributed by atoms with E-state index in [2.05, 4.69) is 15.5 Å². The van der Waals surface area contributed by atoms with Gasteiger partial charge in [0.15, 0.2) is 0 Å². The number of anilines is 1. The van der Waals surface area contributed by atoms with Crippen molar-refractivity contribution in [1.29, 1.82) is 0 Å². The van der Waals surface area contributed by atoms with Gasteiger partial charge in [-0.2, -0.15) is 0 Å². The smallest absolute Gasteiger partial charge is 0.236 e. The average molecular weight is 316 g/mol. The zero-order valence-electron chi connectivity index (χ0n) is 12.4. The summed E-state index contributed by atoms with van der Waals surface area (Å²) in [5.41, 5.74) is 2.88. The van der Waals surface area contributed by atoms with E-state index >= 15 is 0 Å². The lowest BCUT2D eigenvalue weighted by atomic mass is 10.2. The minimum absolute atomic E-state index is 0.0758. The summed E-state index contributed by atoms with van der Waals surface area (Å²) in [6.07, 6.45) is 3.60. The zero-order chi connectivity index (χ0) is 15.5. The van der Waals surface area contributed by atoms with E-state index in [0.29, 0.717) is 17.5 Å². The van der Waals surface area contributed by atoms with Crippen molar-refractivity contribution in [3.8, 4) is 0 Å². The molecule has 0 aromatic carbocycles. The molecule has 3 aromatic heterocycles. The van der Waals surface area contributed by atoms with Crippen molar-refractivity contribution in [3.63, 3.8) is 0 Å². The van der Waals surface area contributed by atoms with Gasteiger partial charge in [0.1, 0.15) is 5.76 Å². The van der Waals surface area contributed by atoms with Crippen molar-refractivity contribution in [2.45, 2.75) is 19.6 Å². The van der Waals surface area contributed by atoms with Crippen LogP contribution in [0.25, 0.3) is 5.52 Å². The number of carbonyl (C=O) groups excluding carboxylic acids is 1. The number of nitrogens with zero attached hydrogens (tertiary/aromatic N) is 3. The monoisotopic (exact) mass is 316 g/mol. The normalized spacial score (nSPS) is 11.0. The first-order valence-corrected chi connectivity index (χ1v) is 8.02. The number of thioether (sulfide) groups is 1. The summed E-state index contributed by atoms with van der Waals surface area (Å²) in [5, 5.41) is 6.73. The molecule has 0 saturated carbocycles. The Kier molecular flexibility index (Phi) is 4.15. The van der Waals surface area contributed by atoms with Gasteiger partial charge in [-0.3, -0.25) is 14.5 Å². The first-order valence-electron chi connectivity index (χ1n) is 6.86. The molecule has 22 heavy (non-hydrogen) atoms. The lowest BCUT2D eigenvalue weighted by molar-refractivity contribution is -0.113. The van der Waals surface area contributed by atoms with E-state index in [0.717, 1.165) is 22.5 Å². The molecule has 0 radical (unpaired) electrons. The Labute approximate surface area is 131 Å². The molecule has 6 nitrogen and oxygen atoms in total. The molecule has 3 rings (SSSR count). The topological polar surface area (TPSA) is 72.4 Å². The fourth-order valence-electron chi connectivity index (χ4n) is 2.15. The van der Waals surface area contributed by atoms with Crippen LogP contribution in [-0.4, -0.2) is 26.2 Å². The summed E-state index contributed by atoms with van der Waals surface area (Å²) in [6.45, 7) is 3.79. The van der Waals surface area contributed by atoms with Crippen LogP contribution in [0.5, 0.6) is 0 Å². The van der Waals surface area contributed by atoms with E-state index < -0.39 is 0 Å². The summed E-state index contributed by atoms with van der Waals surface area (Å²) in [6, 6.07) is 5.77. The maximum absolute atomic E-state index is 12.0. The van der Waals surface area contributed by atoms with Gasteiger partial charge >= 0.3 is 0 Å². The number of hydrogen-bond acceptors (Lipinski definition) is 5. The molecule has 0 aliphatic heterocycles. The van der Waals surface area contributed by atoms with E-state index in [1.807, 2.05) is 42.6 Å². The van der Waals surface area contributed by atoms with Crippen LogP contribution in [0.15, 0.2) is 35.1 Å². The van der Waals surface area contributed by atoms with Crippen LogP contribution in [-0.2, 0) is 10.5 Å². The lowest BCUT2D eigenvalue weighted by Crippen LogP contribution is -2.16. The highest BCUT2D eigenvalue weighted by molar-refractivity contribution is 7.99. The average Bonchev–Trinajstić information content (AvgIpc) is 3.05. The Morgan fingerprint density at radius 1 is 1.41 bits per heavy atom. The van der Waals surface area contributed by atoms with Crippen LogP contribution >= 0.6 is 11.8 Å². The second-order valence-corrected chi connectivity index (χ2v) is 5.91. The first-order chi connectivity index (χ1) is 10.6. The van der Waals surface area contributed by atoms with Crippen LogP contribution < -0.4 is 5.32 Å². The summed E-state index contributed by atoms with van der Waals surface area (Å²) in [5.74, 6) is 2.33. The van der Waals surface area contributed by atoms with Crippen molar-refractivity contribution < 1.29 is 9.32 Å².